The average molecular weight is 392 g/mol. The minimum absolute atomic E-state index is 0.832. The van der Waals surface area contributed by atoms with Crippen molar-refractivity contribution >= 4 is 34.9 Å². The molecule has 2 aromatic carbocycles. The van der Waals surface area contributed by atoms with Gasteiger partial charge in [-0.2, -0.15) is 8.75 Å². The van der Waals surface area contributed by atoms with Crippen LogP contribution in [0.3, 0.4) is 0 Å². The fourth-order valence-electron chi connectivity index (χ4n) is 3.32. The minimum atomic E-state index is 0.832. The molecule has 3 heterocycles. The Bertz CT molecular complexity index is 1280. The van der Waals surface area contributed by atoms with Gasteiger partial charge in [0.15, 0.2) is 0 Å². The van der Waals surface area contributed by atoms with Crippen LogP contribution >= 0.6 is 11.7 Å². The molecule has 0 bridgehead atoms. The zero-order valence-electron chi connectivity index (χ0n) is 15.4. The number of hydrogen-bond donors (Lipinski definition) is 0. The fraction of sp³-hybridized carbons (Fsp3) is 0. The maximum Gasteiger partial charge on any atom is 0.131 e. The van der Waals surface area contributed by atoms with Gasteiger partial charge in [-0.05, 0) is 23.3 Å². The molecule has 0 aliphatic carbocycles. The van der Waals surface area contributed by atoms with Crippen molar-refractivity contribution in [1.82, 2.24) is 18.7 Å². The summed E-state index contributed by atoms with van der Waals surface area (Å²) in [7, 11) is 0. The maximum absolute atomic E-state index is 5.03. The zero-order valence-corrected chi connectivity index (χ0v) is 16.3. The molecule has 138 valence electrons. The molecule has 0 spiro atoms. The number of nitrogens with zero attached hydrogens (tertiary/aromatic N) is 4. The van der Waals surface area contributed by atoms with Crippen molar-refractivity contribution in [1.29, 1.82) is 0 Å². The Morgan fingerprint density at radius 1 is 0.690 bits per heavy atom. The molecule has 0 aliphatic heterocycles. The summed E-state index contributed by atoms with van der Waals surface area (Å²) in [6.45, 7) is 0. The summed E-state index contributed by atoms with van der Waals surface area (Å²) >= 11 is 1.22. The van der Waals surface area contributed by atoms with Gasteiger partial charge in [0.25, 0.3) is 0 Å². The Balaban J connectivity index is 1.78. The van der Waals surface area contributed by atoms with Crippen LogP contribution in [0.4, 0.5) is 0 Å². The molecular formula is C24H16N4S. The molecule has 0 aliphatic rings. The maximum atomic E-state index is 5.03. The van der Waals surface area contributed by atoms with E-state index in [0.717, 1.165) is 44.7 Å². The molecular weight excluding hydrogens is 376 g/mol. The third-order valence-electron chi connectivity index (χ3n) is 4.67. The second kappa shape index (κ2) is 7.73. The van der Waals surface area contributed by atoms with Crippen LogP contribution < -0.4 is 0 Å². The van der Waals surface area contributed by atoms with Gasteiger partial charge < -0.3 is 0 Å². The Morgan fingerprint density at radius 2 is 1.41 bits per heavy atom. The Hall–Kier alpha value is -3.70. The molecule has 0 radical (unpaired) electrons. The van der Waals surface area contributed by atoms with E-state index in [4.69, 9.17) is 4.98 Å². The molecule has 0 atom stereocenters. The minimum Gasteiger partial charge on any atom is -0.264 e. The predicted octanol–water partition coefficient (Wildman–Crippen LogP) is 5.99. The first-order chi connectivity index (χ1) is 14.4. The molecule has 0 unspecified atom stereocenters. The number of pyridine rings is 2. The third kappa shape index (κ3) is 3.44. The summed E-state index contributed by atoms with van der Waals surface area (Å²) in [5, 5.41) is 0. The lowest BCUT2D eigenvalue weighted by Crippen LogP contribution is -1.95. The van der Waals surface area contributed by atoms with Crippen molar-refractivity contribution in [2.75, 3.05) is 0 Å². The van der Waals surface area contributed by atoms with E-state index in [0.29, 0.717) is 0 Å². The summed E-state index contributed by atoms with van der Waals surface area (Å²) in [5.74, 6) is 0. The van der Waals surface area contributed by atoms with E-state index in [1.807, 2.05) is 66.9 Å². The van der Waals surface area contributed by atoms with Gasteiger partial charge in [-0.1, -0.05) is 72.8 Å². The van der Waals surface area contributed by atoms with Gasteiger partial charge in [0.05, 0.1) is 23.1 Å². The number of fused-ring (bicyclic) bond motifs is 1. The highest BCUT2D eigenvalue weighted by atomic mass is 32.1. The van der Waals surface area contributed by atoms with Gasteiger partial charge in [0.1, 0.15) is 11.0 Å². The highest BCUT2D eigenvalue weighted by Gasteiger charge is 2.18. The highest BCUT2D eigenvalue weighted by Crippen LogP contribution is 2.36. The number of hydrogen-bond acceptors (Lipinski definition) is 5. The van der Waals surface area contributed by atoms with Crippen LogP contribution in [-0.2, 0) is 0 Å². The first kappa shape index (κ1) is 17.4. The van der Waals surface area contributed by atoms with E-state index < -0.39 is 0 Å². The Labute approximate surface area is 172 Å². The quantitative estimate of drug-likeness (QED) is 0.377. The van der Waals surface area contributed by atoms with E-state index in [9.17, 15) is 0 Å². The van der Waals surface area contributed by atoms with Crippen LogP contribution in [0.25, 0.3) is 45.6 Å². The van der Waals surface area contributed by atoms with Crippen LogP contribution in [0.5, 0.6) is 0 Å². The van der Waals surface area contributed by atoms with Crippen LogP contribution in [-0.4, -0.2) is 18.7 Å². The molecule has 3 aromatic heterocycles. The van der Waals surface area contributed by atoms with Crippen molar-refractivity contribution in [3.05, 3.63) is 96.4 Å². The highest BCUT2D eigenvalue weighted by molar-refractivity contribution is 7.00. The van der Waals surface area contributed by atoms with Gasteiger partial charge in [0.2, 0.25) is 0 Å². The summed E-state index contributed by atoms with van der Waals surface area (Å²) in [4.78, 5) is 9.22. The first-order valence-corrected chi connectivity index (χ1v) is 9.98. The largest absolute Gasteiger partial charge is 0.264 e. The van der Waals surface area contributed by atoms with E-state index in [-0.39, 0.29) is 0 Å². The summed E-state index contributed by atoms with van der Waals surface area (Å²) in [6, 6.07) is 24.3. The molecule has 5 aromatic rings. The zero-order chi connectivity index (χ0) is 19.5. The summed E-state index contributed by atoms with van der Waals surface area (Å²) in [5.41, 5.74) is 7.53. The normalized spacial score (nSPS) is 11.3. The first-order valence-electron chi connectivity index (χ1n) is 9.25. The van der Waals surface area contributed by atoms with Crippen molar-refractivity contribution < 1.29 is 0 Å². The standard InChI is InChI=1S/C24H16N4S/c1-3-9-18(10-4-1)21-20(14-13-17-8-7-15-25-16-17)26-22(19-11-5-2-6-12-19)24-23(21)27-29-28-24/h1-16H. The van der Waals surface area contributed by atoms with Crippen LogP contribution in [0, 0.1) is 0 Å². The van der Waals surface area contributed by atoms with Crippen molar-refractivity contribution in [3.8, 4) is 22.4 Å². The molecule has 0 saturated heterocycles. The van der Waals surface area contributed by atoms with Crippen LogP contribution in [0.1, 0.15) is 11.3 Å². The lowest BCUT2D eigenvalue weighted by Gasteiger charge is -2.10. The van der Waals surface area contributed by atoms with E-state index >= 15 is 0 Å². The molecule has 29 heavy (non-hydrogen) atoms. The van der Waals surface area contributed by atoms with Crippen molar-refractivity contribution in [3.63, 3.8) is 0 Å². The number of benzene rings is 2. The number of aromatic nitrogens is 4. The van der Waals surface area contributed by atoms with Gasteiger partial charge >= 0.3 is 0 Å². The topological polar surface area (TPSA) is 51.6 Å². The molecule has 0 fully saturated rings. The predicted molar refractivity (Wildman–Crippen MR) is 119 cm³/mol. The SMILES string of the molecule is C(=Cc1nc(-c2ccccc2)c2nsnc2c1-c1ccccc1)c1cccnc1. The number of rotatable bonds is 4. The molecule has 0 amide bonds. The second-order valence-electron chi connectivity index (χ2n) is 6.53. The van der Waals surface area contributed by atoms with Crippen molar-refractivity contribution in [2.24, 2.45) is 0 Å². The van der Waals surface area contributed by atoms with E-state index in [1.54, 1.807) is 6.20 Å². The monoisotopic (exact) mass is 392 g/mol. The van der Waals surface area contributed by atoms with Crippen LogP contribution in [0.15, 0.2) is 85.2 Å². The lowest BCUT2D eigenvalue weighted by molar-refractivity contribution is 1.31. The lowest BCUT2D eigenvalue weighted by atomic mass is 9.99. The van der Waals surface area contributed by atoms with E-state index in [1.165, 1.54) is 11.7 Å². The Kier molecular flexibility index (Phi) is 4.64. The van der Waals surface area contributed by atoms with Crippen molar-refractivity contribution in [2.45, 2.75) is 0 Å². The van der Waals surface area contributed by atoms with Gasteiger partial charge in [-0.15, -0.1) is 0 Å². The molecule has 0 N–H and O–H groups in total. The molecule has 0 saturated carbocycles. The summed E-state index contributed by atoms with van der Waals surface area (Å²) < 4.78 is 9.22. The van der Waals surface area contributed by atoms with Crippen LogP contribution in [0.2, 0.25) is 0 Å². The van der Waals surface area contributed by atoms with Gasteiger partial charge in [-0.3, -0.25) is 4.98 Å². The fourth-order valence-corrected chi connectivity index (χ4v) is 3.87. The van der Waals surface area contributed by atoms with Gasteiger partial charge in [-0.25, -0.2) is 4.98 Å². The second-order valence-corrected chi connectivity index (χ2v) is 7.06. The van der Waals surface area contributed by atoms with Gasteiger partial charge in [0, 0.05) is 23.5 Å². The molecule has 4 nitrogen and oxygen atoms in total. The summed E-state index contributed by atoms with van der Waals surface area (Å²) in [6.07, 6.45) is 7.66. The third-order valence-corrected chi connectivity index (χ3v) is 5.19. The molecule has 5 heteroatoms. The smallest absolute Gasteiger partial charge is 0.131 e. The average Bonchev–Trinajstić information content (AvgIpc) is 3.28. The van der Waals surface area contributed by atoms with E-state index in [2.05, 4.69) is 38.0 Å². The Morgan fingerprint density at radius 3 is 2.14 bits per heavy atom. The molecule has 5 rings (SSSR count).